The van der Waals surface area contributed by atoms with E-state index in [1.54, 1.807) is 22.8 Å². The topological polar surface area (TPSA) is 69.3 Å². The average molecular weight is 320 g/mol. The number of aromatic amines is 1. The Morgan fingerprint density at radius 2 is 2.23 bits per heavy atom. The van der Waals surface area contributed by atoms with Gasteiger partial charge in [0, 0.05) is 43.0 Å². The van der Waals surface area contributed by atoms with Crippen LogP contribution in [0.1, 0.15) is 19.8 Å². The van der Waals surface area contributed by atoms with E-state index < -0.39 is 10.0 Å². The van der Waals surface area contributed by atoms with Crippen LogP contribution in [0.2, 0.25) is 0 Å². The average Bonchev–Trinajstić information content (AvgIpc) is 3.12. The molecule has 0 aromatic carbocycles. The molecule has 0 aliphatic carbocycles. The number of hydrogen-bond donors (Lipinski definition) is 1. The molecular weight excluding hydrogens is 300 g/mol. The van der Waals surface area contributed by atoms with Crippen LogP contribution < -0.4 is 0 Å². The van der Waals surface area contributed by atoms with Crippen LogP contribution in [0.3, 0.4) is 0 Å². The summed E-state index contributed by atoms with van der Waals surface area (Å²) in [5, 5.41) is 0.670. The van der Waals surface area contributed by atoms with E-state index in [0.717, 1.165) is 19.5 Å². The maximum atomic E-state index is 13.1. The summed E-state index contributed by atoms with van der Waals surface area (Å²) < 4.78 is 27.9. The van der Waals surface area contributed by atoms with Crippen molar-refractivity contribution >= 4 is 21.1 Å². The maximum absolute atomic E-state index is 13.1. The predicted octanol–water partition coefficient (Wildman–Crippen LogP) is 1.42. The largest absolute Gasteiger partial charge is 0.345 e. The quantitative estimate of drug-likeness (QED) is 0.908. The normalized spacial score (nSPS) is 27.3. The molecule has 1 N–H and O–H groups in total. The van der Waals surface area contributed by atoms with Crippen LogP contribution in [-0.2, 0) is 10.0 Å². The number of piperazine rings is 1. The van der Waals surface area contributed by atoms with E-state index in [2.05, 4.69) is 14.9 Å². The molecule has 4 heterocycles. The third kappa shape index (κ3) is 2.07. The lowest BCUT2D eigenvalue weighted by Crippen LogP contribution is -2.56. The van der Waals surface area contributed by atoms with Crippen molar-refractivity contribution in [1.82, 2.24) is 19.2 Å². The molecule has 2 aliphatic heterocycles. The van der Waals surface area contributed by atoms with E-state index in [-0.39, 0.29) is 6.04 Å². The number of nitrogens with zero attached hydrogens (tertiary/aromatic N) is 3. The SMILES string of the molecule is C[C@H]1CN2CCC[C@H]2CN1S(=O)(=O)c1c[nH]c2ncccc12. The lowest BCUT2D eigenvalue weighted by Gasteiger charge is -2.41. The zero-order chi connectivity index (χ0) is 15.3. The van der Waals surface area contributed by atoms with E-state index in [1.807, 2.05) is 13.0 Å². The monoisotopic (exact) mass is 320 g/mol. The first kappa shape index (κ1) is 14.2. The van der Waals surface area contributed by atoms with Gasteiger partial charge in [0.1, 0.15) is 10.5 Å². The van der Waals surface area contributed by atoms with Crippen molar-refractivity contribution in [1.29, 1.82) is 0 Å². The minimum atomic E-state index is -3.50. The standard InChI is InChI=1S/C15H20N4O2S/c1-11-9-18-7-3-4-12(18)10-19(11)22(20,21)14-8-17-15-13(14)5-2-6-16-15/h2,5-6,8,11-12H,3-4,7,9-10H2,1H3,(H,16,17)/t11-,12-/m0/s1. The van der Waals surface area contributed by atoms with Crippen LogP contribution in [0.4, 0.5) is 0 Å². The van der Waals surface area contributed by atoms with E-state index >= 15 is 0 Å². The van der Waals surface area contributed by atoms with Crippen LogP contribution in [0.15, 0.2) is 29.4 Å². The number of nitrogens with one attached hydrogen (secondary N) is 1. The van der Waals surface area contributed by atoms with Crippen LogP contribution in [-0.4, -0.2) is 59.3 Å². The molecule has 0 bridgehead atoms. The Morgan fingerprint density at radius 3 is 3.09 bits per heavy atom. The Morgan fingerprint density at radius 1 is 1.36 bits per heavy atom. The van der Waals surface area contributed by atoms with Gasteiger partial charge in [0.25, 0.3) is 0 Å². The molecule has 118 valence electrons. The van der Waals surface area contributed by atoms with E-state index in [1.165, 1.54) is 6.42 Å². The second-order valence-corrected chi connectivity index (χ2v) is 8.13. The van der Waals surface area contributed by atoms with Crippen LogP contribution in [0.25, 0.3) is 11.0 Å². The fourth-order valence-electron chi connectivity index (χ4n) is 3.77. The highest BCUT2D eigenvalue weighted by molar-refractivity contribution is 7.89. The van der Waals surface area contributed by atoms with E-state index in [4.69, 9.17) is 0 Å². The molecule has 0 radical (unpaired) electrons. The third-order valence-electron chi connectivity index (χ3n) is 4.88. The zero-order valence-electron chi connectivity index (χ0n) is 12.6. The predicted molar refractivity (Wildman–Crippen MR) is 84.0 cm³/mol. The number of hydrogen-bond acceptors (Lipinski definition) is 4. The minimum absolute atomic E-state index is 0.000899. The molecular formula is C15H20N4O2S. The smallest absolute Gasteiger partial charge is 0.245 e. The summed E-state index contributed by atoms with van der Waals surface area (Å²) >= 11 is 0. The van der Waals surface area contributed by atoms with Gasteiger partial charge in [0.15, 0.2) is 0 Å². The van der Waals surface area contributed by atoms with Crippen molar-refractivity contribution in [2.45, 2.75) is 36.7 Å². The van der Waals surface area contributed by atoms with Crippen molar-refractivity contribution in [3.8, 4) is 0 Å². The van der Waals surface area contributed by atoms with Gasteiger partial charge in [0.05, 0.1) is 0 Å². The van der Waals surface area contributed by atoms with Gasteiger partial charge in [-0.1, -0.05) is 0 Å². The molecule has 4 rings (SSSR count). The van der Waals surface area contributed by atoms with Gasteiger partial charge >= 0.3 is 0 Å². The molecule has 2 fully saturated rings. The summed E-state index contributed by atoms with van der Waals surface area (Å²) in [5.41, 5.74) is 0.619. The summed E-state index contributed by atoms with van der Waals surface area (Å²) in [6, 6.07) is 3.95. The molecule has 0 unspecified atom stereocenters. The van der Waals surface area contributed by atoms with Crippen molar-refractivity contribution < 1.29 is 8.42 Å². The molecule has 2 aliphatic rings. The first-order chi connectivity index (χ1) is 10.6. The lowest BCUT2D eigenvalue weighted by atomic mass is 10.1. The number of sulfonamides is 1. The van der Waals surface area contributed by atoms with Crippen LogP contribution in [0.5, 0.6) is 0 Å². The minimum Gasteiger partial charge on any atom is -0.345 e. The maximum Gasteiger partial charge on any atom is 0.245 e. The Hall–Kier alpha value is -1.44. The van der Waals surface area contributed by atoms with E-state index in [9.17, 15) is 8.42 Å². The molecule has 2 atom stereocenters. The second kappa shape index (κ2) is 5.04. The zero-order valence-corrected chi connectivity index (χ0v) is 13.4. The van der Waals surface area contributed by atoms with Crippen LogP contribution in [0, 0.1) is 0 Å². The molecule has 2 aromatic heterocycles. The Bertz CT molecular complexity index is 801. The Labute approximate surface area is 130 Å². The number of pyridine rings is 1. The first-order valence-corrected chi connectivity index (χ1v) is 9.19. The van der Waals surface area contributed by atoms with Gasteiger partial charge < -0.3 is 4.98 Å². The molecule has 0 saturated carbocycles. The van der Waals surface area contributed by atoms with Crippen molar-refractivity contribution in [2.75, 3.05) is 19.6 Å². The fourth-order valence-corrected chi connectivity index (χ4v) is 5.58. The molecule has 22 heavy (non-hydrogen) atoms. The van der Waals surface area contributed by atoms with Gasteiger partial charge in [0.2, 0.25) is 10.0 Å². The molecule has 7 heteroatoms. The summed E-state index contributed by atoms with van der Waals surface area (Å²) in [6.07, 6.45) is 5.49. The number of fused-ring (bicyclic) bond motifs is 2. The van der Waals surface area contributed by atoms with Crippen molar-refractivity contribution in [2.24, 2.45) is 0 Å². The molecule has 0 spiro atoms. The molecule has 2 aromatic rings. The van der Waals surface area contributed by atoms with Gasteiger partial charge in [-0.25, -0.2) is 13.4 Å². The summed E-state index contributed by atoms with van der Waals surface area (Å²) in [6.45, 7) is 4.51. The van der Waals surface area contributed by atoms with Gasteiger partial charge in [-0.05, 0) is 38.4 Å². The third-order valence-corrected chi connectivity index (χ3v) is 6.90. The number of H-pyrrole nitrogens is 1. The second-order valence-electron chi connectivity index (χ2n) is 6.27. The fraction of sp³-hybridized carbons (Fsp3) is 0.533. The number of rotatable bonds is 2. The van der Waals surface area contributed by atoms with E-state index in [0.29, 0.717) is 28.5 Å². The summed E-state index contributed by atoms with van der Waals surface area (Å²) in [4.78, 5) is 9.92. The highest BCUT2D eigenvalue weighted by atomic mass is 32.2. The molecule has 2 saturated heterocycles. The Balaban J connectivity index is 1.74. The van der Waals surface area contributed by atoms with Crippen molar-refractivity contribution in [3.05, 3.63) is 24.5 Å². The highest BCUT2D eigenvalue weighted by Crippen LogP contribution is 2.31. The van der Waals surface area contributed by atoms with Crippen molar-refractivity contribution in [3.63, 3.8) is 0 Å². The number of aromatic nitrogens is 2. The first-order valence-electron chi connectivity index (χ1n) is 7.75. The van der Waals surface area contributed by atoms with Crippen LogP contribution >= 0.6 is 0 Å². The lowest BCUT2D eigenvalue weighted by molar-refractivity contribution is 0.117. The summed E-state index contributed by atoms with van der Waals surface area (Å²) in [5.74, 6) is 0. The molecule has 6 nitrogen and oxygen atoms in total. The summed E-state index contributed by atoms with van der Waals surface area (Å²) in [7, 11) is -3.50. The van der Waals surface area contributed by atoms with Gasteiger partial charge in [-0.15, -0.1) is 0 Å². The molecule has 0 amide bonds. The highest BCUT2D eigenvalue weighted by Gasteiger charge is 2.40. The van der Waals surface area contributed by atoms with Gasteiger partial charge in [-0.3, -0.25) is 4.90 Å². The Kier molecular flexibility index (Phi) is 3.25. The van der Waals surface area contributed by atoms with Gasteiger partial charge in [-0.2, -0.15) is 4.31 Å².